The van der Waals surface area contributed by atoms with Crippen molar-refractivity contribution in [3.05, 3.63) is 119 Å². The van der Waals surface area contributed by atoms with Crippen LogP contribution >= 0.6 is 0 Å². The monoisotopic (exact) mass is 617 g/mol. The van der Waals surface area contributed by atoms with E-state index in [-0.39, 0.29) is 36.2 Å². The minimum Gasteiger partial charge on any atom is -0.446 e. The van der Waals surface area contributed by atoms with Crippen LogP contribution in [0.15, 0.2) is 83.7 Å². The second-order valence-electron chi connectivity index (χ2n) is 11.5. The zero-order chi connectivity index (χ0) is 32.0. The number of pyridine rings is 1. The molecular weight excluding hydrogens is 580 g/mol. The van der Waals surface area contributed by atoms with Crippen molar-refractivity contribution in [1.82, 2.24) is 25.5 Å². The van der Waals surface area contributed by atoms with E-state index in [4.69, 9.17) is 4.42 Å². The summed E-state index contributed by atoms with van der Waals surface area (Å²) in [7, 11) is 0. The molecule has 3 N–H and O–H groups in total. The number of rotatable bonds is 12. The highest BCUT2D eigenvalue weighted by Gasteiger charge is 2.34. The van der Waals surface area contributed by atoms with Gasteiger partial charge >= 0.3 is 0 Å². The number of nitrogens with zero attached hydrogens (tertiary/aromatic N) is 3. The number of benzene rings is 2. The summed E-state index contributed by atoms with van der Waals surface area (Å²) in [6.07, 6.45) is 5.08. The SMILES string of the molecule is Cc1coc(C2CCCN2C(=O)c2cccc(C(=O)N[C@@H](Cc3ccccc3)[C@H](O)CNCc3cncc(C(C)(F)F)c3)c2)n1. The normalized spacial score (nSPS) is 16.4. The van der Waals surface area contributed by atoms with Gasteiger partial charge in [0.2, 0.25) is 5.89 Å². The Hall–Kier alpha value is -4.48. The Kier molecular flexibility index (Phi) is 9.99. The molecule has 0 spiro atoms. The number of amides is 2. The molecule has 2 aromatic carbocycles. The van der Waals surface area contributed by atoms with E-state index in [1.54, 1.807) is 35.4 Å². The number of aryl methyl sites for hydroxylation is 1. The molecule has 3 heterocycles. The number of carbonyl (C=O) groups excluding carboxylic acids is 2. The molecule has 3 atom stereocenters. The van der Waals surface area contributed by atoms with Crippen LogP contribution in [0.2, 0.25) is 0 Å². The average Bonchev–Trinajstić information content (AvgIpc) is 3.70. The smallest absolute Gasteiger partial charge is 0.272 e. The van der Waals surface area contributed by atoms with Gasteiger partial charge in [-0.2, -0.15) is 0 Å². The predicted molar refractivity (Wildman–Crippen MR) is 164 cm³/mol. The van der Waals surface area contributed by atoms with Gasteiger partial charge in [0.15, 0.2) is 0 Å². The van der Waals surface area contributed by atoms with E-state index in [1.807, 2.05) is 37.3 Å². The molecule has 5 rings (SSSR count). The average molecular weight is 618 g/mol. The maximum absolute atomic E-state index is 13.7. The number of oxazole rings is 1. The second kappa shape index (κ2) is 14.1. The van der Waals surface area contributed by atoms with Crippen molar-refractivity contribution in [2.45, 2.75) is 63.8 Å². The van der Waals surface area contributed by atoms with Gasteiger partial charge in [-0.3, -0.25) is 14.6 Å². The van der Waals surface area contributed by atoms with E-state index in [9.17, 15) is 23.5 Å². The number of aromatic nitrogens is 2. The zero-order valence-electron chi connectivity index (χ0n) is 25.2. The molecule has 45 heavy (non-hydrogen) atoms. The highest BCUT2D eigenvalue weighted by molar-refractivity contribution is 6.00. The third-order valence-electron chi connectivity index (χ3n) is 7.87. The van der Waals surface area contributed by atoms with Crippen molar-refractivity contribution in [1.29, 1.82) is 0 Å². The molecule has 1 aliphatic rings. The molecule has 0 aliphatic carbocycles. The third kappa shape index (κ3) is 8.17. The molecule has 0 bridgehead atoms. The van der Waals surface area contributed by atoms with Crippen LogP contribution in [-0.4, -0.2) is 57.0 Å². The first kappa shape index (κ1) is 31.9. The summed E-state index contributed by atoms with van der Waals surface area (Å²) in [5, 5.41) is 17.2. The Balaban J connectivity index is 1.26. The number of alkyl halides is 2. The summed E-state index contributed by atoms with van der Waals surface area (Å²) in [5.41, 5.74) is 2.67. The Bertz CT molecular complexity index is 1610. The van der Waals surface area contributed by atoms with Gasteiger partial charge in [0.25, 0.3) is 17.7 Å². The zero-order valence-corrected chi connectivity index (χ0v) is 25.2. The highest BCUT2D eigenvalue weighted by Crippen LogP contribution is 2.33. The molecule has 9 nitrogen and oxygen atoms in total. The number of hydrogen-bond donors (Lipinski definition) is 3. The van der Waals surface area contributed by atoms with Gasteiger partial charge in [-0.05, 0) is 61.6 Å². The van der Waals surface area contributed by atoms with Gasteiger partial charge in [-0.25, -0.2) is 13.8 Å². The fraction of sp³-hybridized carbons (Fsp3) is 0.353. The molecule has 2 aromatic heterocycles. The first-order valence-corrected chi connectivity index (χ1v) is 15.0. The molecule has 0 saturated carbocycles. The molecule has 1 fully saturated rings. The van der Waals surface area contributed by atoms with Crippen LogP contribution in [0.5, 0.6) is 0 Å². The van der Waals surface area contributed by atoms with Gasteiger partial charge in [0, 0.05) is 55.6 Å². The van der Waals surface area contributed by atoms with E-state index in [2.05, 4.69) is 20.6 Å². The lowest BCUT2D eigenvalue weighted by Crippen LogP contribution is -2.48. The third-order valence-corrected chi connectivity index (χ3v) is 7.87. The first-order valence-electron chi connectivity index (χ1n) is 15.0. The number of carbonyl (C=O) groups is 2. The fourth-order valence-corrected chi connectivity index (χ4v) is 5.49. The molecule has 4 aromatic rings. The van der Waals surface area contributed by atoms with Crippen molar-refractivity contribution < 1.29 is 27.9 Å². The van der Waals surface area contributed by atoms with Crippen LogP contribution in [0.4, 0.5) is 8.78 Å². The first-order chi connectivity index (χ1) is 21.6. The lowest BCUT2D eigenvalue weighted by atomic mass is 10.00. The molecule has 0 radical (unpaired) electrons. The van der Waals surface area contributed by atoms with E-state index in [0.29, 0.717) is 30.0 Å². The van der Waals surface area contributed by atoms with E-state index in [0.717, 1.165) is 37.2 Å². The van der Waals surface area contributed by atoms with E-state index in [1.165, 1.54) is 12.3 Å². The number of likely N-dealkylation sites (tertiary alicyclic amines) is 1. The topological polar surface area (TPSA) is 121 Å². The second-order valence-corrected chi connectivity index (χ2v) is 11.5. The minimum atomic E-state index is -3.01. The Labute approximate surface area is 260 Å². The summed E-state index contributed by atoms with van der Waals surface area (Å²) >= 11 is 0. The van der Waals surface area contributed by atoms with Gasteiger partial charge in [0.05, 0.1) is 17.8 Å². The summed E-state index contributed by atoms with van der Waals surface area (Å²) in [6, 6.07) is 16.4. The molecule has 1 unspecified atom stereocenters. The Morgan fingerprint density at radius 2 is 1.87 bits per heavy atom. The Morgan fingerprint density at radius 3 is 2.60 bits per heavy atom. The van der Waals surface area contributed by atoms with Gasteiger partial charge in [0.1, 0.15) is 12.3 Å². The molecule has 2 amide bonds. The standard InChI is InChI=1S/C34H37F2N5O4/c1-22-21-45-32(39-22)29-12-7-13-41(29)33(44)26-11-6-10-25(16-26)31(43)40-28(15-23-8-4-3-5-9-23)30(42)20-38-18-24-14-27(19-37-17-24)34(2,35)36/h3-6,8-11,14,16-17,19,21,28-30,38,42H,7,12-13,15,18,20H2,1-2H3,(H,40,43)/t28-,29?,30+/m0/s1. The molecule has 1 saturated heterocycles. The van der Waals surface area contributed by atoms with Crippen LogP contribution in [-0.2, 0) is 18.9 Å². The minimum absolute atomic E-state index is 0.0830. The molecule has 1 aliphatic heterocycles. The summed E-state index contributed by atoms with van der Waals surface area (Å²) in [6.45, 7) is 3.49. The number of hydrogen-bond acceptors (Lipinski definition) is 7. The van der Waals surface area contributed by atoms with Crippen molar-refractivity contribution in [3.63, 3.8) is 0 Å². The van der Waals surface area contributed by atoms with Gasteiger partial charge < -0.3 is 25.1 Å². The highest BCUT2D eigenvalue weighted by atomic mass is 19.3. The molecule has 11 heteroatoms. The lowest BCUT2D eigenvalue weighted by molar-refractivity contribution is 0.0170. The maximum atomic E-state index is 13.7. The van der Waals surface area contributed by atoms with E-state index >= 15 is 0 Å². The van der Waals surface area contributed by atoms with Crippen molar-refractivity contribution >= 4 is 11.8 Å². The number of aliphatic hydroxyl groups is 1. The molecular formula is C34H37F2N5O4. The van der Waals surface area contributed by atoms with Crippen molar-refractivity contribution in [2.75, 3.05) is 13.1 Å². The predicted octanol–water partition coefficient (Wildman–Crippen LogP) is 4.96. The quantitative estimate of drug-likeness (QED) is 0.206. The summed E-state index contributed by atoms with van der Waals surface area (Å²) < 4.78 is 33.0. The van der Waals surface area contributed by atoms with Crippen LogP contribution in [0.3, 0.4) is 0 Å². The summed E-state index contributed by atoms with van der Waals surface area (Å²) in [4.78, 5) is 37.1. The van der Waals surface area contributed by atoms with Crippen LogP contribution in [0.1, 0.15) is 74.8 Å². The number of nitrogens with one attached hydrogen (secondary N) is 2. The van der Waals surface area contributed by atoms with Crippen LogP contribution in [0, 0.1) is 6.92 Å². The molecule has 236 valence electrons. The summed E-state index contributed by atoms with van der Waals surface area (Å²) in [5.74, 6) is -3.16. The van der Waals surface area contributed by atoms with Crippen molar-refractivity contribution in [3.8, 4) is 0 Å². The van der Waals surface area contributed by atoms with Crippen molar-refractivity contribution in [2.24, 2.45) is 0 Å². The number of aliphatic hydroxyl groups excluding tert-OH is 1. The van der Waals surface area contributed by atoms with Crippen LogP contribution in [0.25, 0.3) is 0 Å². The Morgan fingerprint density at radius 1 is 1.09 bits per heavy atom. The number of halogens is 2. The fourth-order valence-electron chi connectivity index (χ4n) is 5.49. The maximum Gasteiger partial charge on any atom is 0.272 e. The van der Waals surface area contributed by atoms with Gasteiger partial charge in [-0.1, -0.05) is 36.4 Å². The van der Waals surface area contributed by atoms with Gasteiger partial charge in [-0.15, -0.1) is 0 Å². The van der Waals surface area contributed by atoms with Crippen LogP contribution < -0.4 is 10.6 Å². The van der Waals surface area contributed by atoms with E-state index < -0.39 is 24.0 Å². The largest absolute Gasteiger partial charge is 0.446 e. The lowest BCUT2D eigenvalue weighted by Gasteiger charge is -2.25.